The van der Waals surface area contributed by atoms with Crippen molar-refractivity contribution in [3.05, 3.63) is 29.3 Å². The maximum atomic E-state index is 12.8. The Hall–Kier alpha value is -2.23. The molecule has 0 heterocycles. The van der Waals surface area contributed by atoms with Gasteiger partial charge < -0.3 is 10.0 Å². The van der Waals surface area contributed by atoms with Crippen LogP contribution in [0, 0.1) is 11.3 Å². The van der Waals surface area contributed by atoms with Gasteiger partial charge in [-0.15, -0.1) is 0 Å². The molecule has 1 aromatic rings. The highest BCUT2D eigenvalue weighted by Crippen LogP contribution is 2.36. The SMILES string of the molecule is CN(CCC(=O)O)c1cc(C#N)ccc1C(F)(F)F. The van der Waals surface area contributed by atoms with Gasteiger partial charge in [0.2, 0.25) is 0 Å². The first-order chi connectivity index (χ1) is 8.75. The minimum Gasteiger partial charge on any atom is -0.481 e. The van der Waals surface area contributed by atoms with E-state index in [1.165, 1.54) is 11.9 Å². The predicted molar refractivity (Wildman–Crippen MR) is 61.7 cm³/mol. The smallest absolute Gasteiger partial charge is 0.418 e. The Morgan fingerprint density at radius 1 is 1.47 bits per heavy atom. The lowest BCUT2D eigenvalue weighted by Crippen LogP contribution is -2.24. The number of hydrogen-bond donors (Lipinski definition) is 1. The second-order valence-electron chi connectivity index (χ2n) is 3.91. The van der Waals surface area contributed by atoms with Crippen LogP contribution in [0.2, 0.25) is 0 Å². The molecule has 19 heavy (non-hydrogen) atoms. The highest BCUT2D eigenvalue weighted by Gasteiger charge is 2.34. The number of carboxylic acids is 1. The third-order valence-corrected chi connectivity index (χ3v) is 2.50. The average molecular weight is 272 g/mol. The molecule has 0 amide bonds. The van der Waals surface area contributed by atoms with Crippen molar-refractivity contribution < 1.29 is 23.1 Å². The second kappa shape index (κ2) is 5.61. The van der Waals surface area contributed by atoms with Gasteiger partial charge in [0, 0.05) is 13.6 Å². The lowest BCUT2D eigenvalue weighted by Gasteiger charge is -2.23. The van der Waals surface area contributed by atoms with Gasteiger partial charge in [0.05, 0.1) is 29.3 Å². The summed E-state index contributed by atoms with van der Waals surface area (Å²) >= 11 is 0. The normalized spacial score (nSPS) is 10.9. The molecule has 1 aromatic carbocycles. The van der Waals surface area contributed by atoms with E-state index in [4.69, 9.17) is 10.4 Å². The number of anilines is 1. The highest BCUT2D eigenvalue weighted by molar-refractivity contribution is 5.68. The summed E-state index contributed by atoms with van der Waals surface area (Å²) in [6, 6.07) is 4.76. The summed E-state index contributed by atoms with van der Waals surface area (Å²) < 4.78 is 38.5. The number of halogens is 3. The van der Waals surface area contributed by atoms with E-state index in [0.29, 0.717) is 0 Å². The summed E-state index contributed by atoms with van der Waals surface area (Å²) in [5, 5.41) is 17.2. The Labute approximate surface area is 107 Å². The molecule has 0 aliphatic heterocycles. The molecular weight excluding hydrogens is 261 g/mol. The minimum absolute atomic E-state index is 0.0761. The largest absolute Gasteiger partial charge is 0.481 e. The maximum absolute atomic E-state index is 12.8. The molecule has 0 radical (unpaired) electrons. The van der Waals surface area contributed by atoms with Crippen LogP contribution in [0.4, 0.5) is 18.9 Å². The zero-order valence-electron chi connectivity index (χ0n) is 10.0. The fourth-order valence-corrected chi connectivity index (χ4v) is 1.54. The van der Waals surface area contributed by atoms with Gasteiger partial charge in [-0.05, 0) is 18.2 Å². The number of carboxylic acid groups (broad SMARTS) is 1. The van der Waals surface area contributed by atoms with Gasteiger partial charge >= 0.3 is 12.1 Å². The topological polar surface area (TPSA) is 64.3 Å². The fourth-order valence-electron chi connectivity index (χ4n) is 1.54. The van der Waals surface area contributed by atoms with Gasteiger partial charge in [-0.2, -0.15) is 18.4 Å². The Kier molecular flexibility index (Phi) is 4.38. The average Bonchev–Trinajstić information content (AvgIpc) is 2.33. The van der Waals surface area contributed by atoms with Crippen molar-refractivity contribution in [1.29, 1.82) is 5.26 Å². The van der Waals surface area contributed by atoms with Crippen LogP contribution in [0.25, 0.3) is 0 Å². The van der Waals surface area contributed by atoms with Gasteiger partial charge in [0.25, 0.3) is 0 Å². The number of aliphatic carboxylic acids is 1. The number of hydrogen-bond acceptors (Lipinski definition) is 3. The molecule has 0 unspecified atom stereocenters. The van der Waals surface area contributed by atoms with Crippen molar-refractivity contribution >= 4 is 11.7 Å². The van der Waals surface area contributed by atoms with Crippen molar-refractivity contribution in [1.82, 2.24) is 0 Å². The lowest BCUT2D eigenvalue weighted by molar-refractivity contribution is -0.137. The fraction of sp³-hybridized carbons (Fsp3) is 0.333. The Morgan fingerprint density at radius 2 is 2.11 bits per heavy atom. The summed E-state index contributed by atoms with van der Waals surface area (Å²) in [5.74, 6) is -1.10. The molecule has 102 valence electrons. The van der Waals surface area contributed by atoms with Crippen LogP contribution in [0.15, 0.2) is 18.2 Å². The maximum Gasteiger partial charge on any atom is 0.418 e. The van der Waals surface area contributed by atoms with Crippen LogP contribution in [0.3, 0.4) is 0 Å². The first kappa shape index (κ1) is 14.8. The molecule has 0 bridgehead atoms. The van der Waals surface area contributed by atoms with Gasteiger partial charge in [-0.1, -0.05) is 0 Å². The number of rotatable bonds is 4. The number of carbonyl (C=O) groups is 1. The van der Waals surface area contributed by atoms with Crippen molar-refractivity contribution in [2.45, 2.75) is 12.6 Å². The summed E-state index contributed by atoms with van der Waals surface area (Å²) in [6.07, 6.45) is -4.84. The number of nitrogens with zero attached hydrogens (tertiary/aromatic N) is 2. The molecule has 4 nitrogen and oxygen atoms in total. The van der Waals surface area contributed by atoms with Crippen LogP contribution in [0.1, 0.15) is 17.5 Å². The summed E-state index contributed by atoms with van der Waals surface area (Å²) in [5.41, 5.74) is -1.00. The molecule has 7 heteroatoms. The van der Waals surface area contributed by atoms with Crippen molar-refractivity contribution in [3.63, 3.8) is 0 Å². The van der Waals surface area contributed by atoms with Gasteiger partial charge in [0.15, 0.2) is 0 Å². The van der Waals surface area contributed by atoms with Gasteiger partial charge in [0.1, 0.15) is 0 Å². The van der Waals surface area contributed by atoms with E-state index >= 15 is 0 Å². The number of nitriles is 1. The Morgan fingerprint density at radius 3 is 2.58 bits per heavy atom. The van der Waals surface area contributed by atoms with E-state index < -0.39 is 17.7 Å². The molecule has 0 saturated carbocycles. The van der Waals surface area contributed by atoms with Crippen LogP contribution < -0.4 is 4.90 Å². The zero-order chi connectivity index (χ0) is 14.6. The molecule has 1 N–H and O–H groups in total. The van der Waals surface area contributed by atoms with Crippen LogP contribution in [-0.2, 0) is 11.0 Å². The molecule has 0 aromatic heterocycles. The summed E-state index contributed by atoms with van der Waals surface area (Å²) in [7, 11) is 1.36. The summed E-state index contributed by atoms with van der Waals surface area (Å²) in [4.78, 5) is 11.6. The molecule has 0 aliphatic rings. The number of benzene rings is 1. The van der Waals surface area contributed by atoms with Crippen molar-refractivity contribution in [2.75, 3.05) is 18.5 Å². The van der Waals surface area contributed by atoms with E-state index in [2.05, 4.69) is 0 Å². The Balaban J connectivity index is 3.15. The predicted octanol–water partition coefficient (Wildman–Crippen LogP) is 2.49. The van der Waals surface area contributed by atoms with Gasteiger partial charge in [-0.3, -0.25) is 4.79 Å². The molecule has 1 rings (SSSR count). The van der Waals surface area contributed by atoms with E-state index in [1.54, 1.807) is 6.07 Å². The van der Waals surface area contributed by atoms with E-state index in [-0.39, 0.29) is 24.2 Å². The van der Waals surface area contributed by atoms with E-state index in [1.807, 2.05) is 0 Å². The lowest BCUT2D eigenvalue weighted by atomic mass is 10.1. The molecular formula is C12H11F3N2O2. The first-order valence-electron chi connectivity index (χ1n) is 5.30. The monoisotopic (exact) mass is 272 g/mol. The van der Waals surface area contributed by atoms with Crippen LogP contribution in [-0.4, -0.2) is 24.7 Å². The van der Waals surface area contributed by atoms with E-state index in [0.717, 1.165) is 18.2 Å². The quantitative estimate of drug-likeness (QED) is 0.914. The minimum atomic E-state index is -4.55. The van der Waals surface area contributed by atoms with Crippen molar-refractivity contribution in [2.24, 2.45) is 0 Å². The molecule has 0 atom stereocenters. The second-order valence-corrected chi connectivity index (χ2v) is 3.91. The number of alkyl halides is 3. The van der Waals surface area contributed by atoms with Crippen LogP contribution >= 0.6 is 0 Å². The van der Waals surface area contributed by atoms with E-state index in [9.17, 15) is 18.0 Å². The zero-order valence-corrected chi connectivity index (χ0v) is 10.0. The Bertz CT molecular complexity index is 521. The third kappa shape index (κ3) is 3.88. The van der Waals surface area contributed by atoms with Gasteiger partial charge in [-0.25, -0.2) is 0 Å². The molecule has 0 fully saturated rings. The summed E-state index contributed by atoms with van der Waals surface area (Å²) in [6.45, 7) is -0.0761. The van der Waals surface area contributed by atoms with Crippen molar-refractivity contribution in [3.8, 4) is 6.07 Å². The third-order valence-electron chi connectivity index (χ3n) is 2.50. The first-order valence-corrected chi connectivity index (χ1v) is 5.30. The molecule has 0 spiro atoms. The standard InChI is InChI=1S/C12H11F3N2O2/c1-17(5-4-11(18)19)10-6-8(7-16)2-3-9(10)12(13,14)15/h2-3,6H,4-5H2,1H3,(H,18,19). The van der Waals surface area contributed by atoms with Crippen LogP contribution in [0.5, 0.6) is 0 Å². The molecule has 0 saturated heterocycles. The highest BCUT2D eigenvalue weighted by atomic mass is 19.4. The molecule has 0 aliphatic carbocycles.